The summed E-state index contributed by atoms with van der Waals surface area (Å²) in [6, 6.07) is 0. The molecule has 28 fully saturated rings. The van der Waals surface area contributed by atoms with Gasteiger partial charge in [-0.25, -0.2) is 0 Å². The first-order valence-electron chi connectivity index (χ1n) is 25.1. The smallest absolute Gasteiger partial charge is 0.0701 e. The van der Waals surface area contributed by atoms with E-state index in [0.29, 0.717) is 54.6 Å². The Balaban J connectivity index is 0.883. The summed E-state index contributed by atoms with van der Waals surface area (Å²) in [7, 11) is 8.73. The highest BCUT2D eigenvalue weighted by Crippen LogP contribution is 3.52. The fourth-order valence-electron chi connectivity index (χ4n) is 49.2. The van der Waals surface area contributed by atoms with Crippen molar-refractivity contribution in [2.45, 2.75) is 80.5 Å². The highest BCUT2D eigenvalue weighted by Gasteiger charge is 3.51. The van der Waals surface area contributed by atoms with Crippen LogP contribution in [-0.2, 0) is 0 Å². The first-order chi connectivity index (χ1) is 25.3. The average Bonchev–Trinajstić information content (AvgIpc) is 3.26. The Morgan fingerprint density at radius 2 is 0.679 bits per heavy atom. The largest absolute Gasteiger partial charge is 0.0707 e. The summed E-state index contributed by atoms with van der Waals surface area (Å²) in [5.41, 5.74) is 16.9. The predicted octanol–water partition coefficient (Wildman–Crippen LogP) is 7.45. The van der Waals surface area contributed by atoms with E-state index < -0.39 is 0 Å². The Bertz CT molecular complexity index is 2920. The molecule has 0 nitrogen and oxygen atoms in total. The van der Waals surface area contributed by atoms with E-state index in [9.17, 15) is 0 Å². The van der Waals surface area contributed by atoms with Gasteiger partial charge in [0.15, 0.2) is 0 Å². The molecule has 41 atom stereocenters. The van der Waals surface area contributed by atoms with Crippen LogP contribution in [0.4, 0.5) is 0 Å². The maximum Gasteiger partial charge on any atom is 0.0707 e. The van der Waals surface area contributed by atoms with Gasteiger partial charge in [-0.2, -0.15) is 0 Å². The molecular formula is C52H49B. The minimum absolute atomic E-state index is 0.557. The first-order valence-corrected chi connectivity index (χ1v) is 25.1. The third kappa shape index (κ3) is 0.609. The van der Waals surface area contributed by atoms with E-state index in [2.05, 4.69) is 55.4 Å². The molecule has 53 heavy (non-hydrogen) atoms. The molecule has 41 unspecified atom stereocenters. The van der Waals surface area contributed by atoms with Crippen molar-refractivity contribution in [3.05, 3.63) is 0 Å². The summed E-state index contributed by atoms with van der Waals surface area (Å²) >= 11 is 0. The second-order valence-electron chi connectivity index (χ2n) is 31.8. The van der Waals surface area contributed by atoms with Crippen molar-refractivity contribution in [1.82, 2.24) is 0 Å². The van der Waals surface area contributed by atoms with Gasteiger partial charge in [-0.05, 0) is 245 Å². The van der Waals surface area contributed by atoms with Crippen LogP contribution in [-0.4, -0.2) is 7.85 Å². The molecule has 1 heteroatoms. The molecule has 0 aromatic rings. The molecule has 14 spiro atoms. The molecule has 28 rings (SSSR count). The lowest BCUT2D eigenvalue weighted by atomic mass is 8.58. The monoisotopic (exact) mass is 684 g/mol. The molecule has 28 aliphatic carbocycles. The first kappa shape index (κ1) is 22.4. The molecule has 2 radical (unpaired) electrons. The van der Waals surface area contributed by atoms with E-state index in [1.54, 1.807) is 19.3 Å². The van der Waals surface area contributed by atoms with E-state index in [1.165, 1.54) is 71.0 Å². The Morgan fingerprint density at radius 3 is 1.32 bits per heavy atom. The fraction of sp³-hybridized carbons (Fsp3) is 1.00. The molecular weight excluding hydrogens is 635 g/mol. The Labute approximate surface area is 312 Å². The summed E-state index contributed by atoms with van der Waals surface area (Å²) in [6.45, 7) is 25.2. The minimum atomic E-state index is 0.557. The van der Waals surface area contributed by atoms with Crippen molar-refractivity contribution in [2.75, 3.05) is 0 Å². The zero-order chi connectivity index (χ0) is 33.1. The Kier molecular flexibility index (Phi) is 1.56. The lowest BCUT2D eigenvalue weighted by Crippen LogP contribution is -3.43. The van der Waals surface area contributed by atoms with Gasteiger partial charge < -0.3 is 0 Å². The van der Waals surface area contributed by atoms with Gasteiger partial charge in [0.1, 0.15) is 0 Å². The number of hydrogen-bond donors (Lipinski definition) is 0. The molecule has 0 bridgehead atoms. The van der Waals surface area contributed by atoms with E-state index in [1.807, 2.05) is 0 Å². The van der Waals surface area contributed by atoms with Crippen molar-refractivity contribution < 1.29 is 0 Å². The van der Waals surface area contributed by atoms with Crippen molar-refractivity contribution in [3.8, 4) is 0 Å². The predicted molar refractivity (Wildman–Crippen MR) is 185 cm³/mol. The maximum absolute atomic E-state index is 8.73. The lowest BCUT2D eigenvalue weighted by Gasteiger charge is -3.45. The molecule has 0 amide bonds. The van der Waals surface area contributed by atoms with Gasteiger partial charge in [0.2, 0.25) is 0 Å². The quantitative estimate of drug-likeness (QED) is 0.233. The second-order valence-corrected chi connectivity index (χ2v) is 31.8. The van der Waals surface area contributed by atoms with E-state index in [4.69, 9.17) is 7.85 Å². The minimum Gasteiger partial charge on any atom is -0.0701 e. The molecule has 28 aliphatic rings. The molecule has 28 saturated carbocycles. The van der Waals surface area contributed by atoms with Crippen LogP contribution in [0.1, 0.15) is 74.7 Å². The highest BCUT2D eigenvalue weighted by molar-refractivity contribution is 6.13. The van der Waals surface area contributed by atoms with Crippen LogP contribution in [0.2, 0.25) is 5.82 Å². The Morgan fingerprint density at radius 1 is 0.283 bits per heavy atom. The third-order valence-corrected chi connectivity index (χ3v) is 41.3. The van der Waals surface area contributed by atoms with E-state index >= 15 is 0 Å². The van der Waals surface area contributed by atoms with Crippen molar-refractivity contribution in [3.63, 3.8) is 0 Å². The van der Waals surface area contributed by atoms with Gasteiger partial charge >= 0.3 is 0 Å². The standard InChI is InChI=1S/C52H49B/c1-31-12-9-17-20-29-30(53)21-16-11-15-19-23-27-25-28-24-26-22-18-14-10-13(12)39(14,31)44(18)33(31,3)35(5)41(17)37(7)42(20)38(8)43(29)36(6)34(4)32(21,2)40(15,16)45(19,34)47(23,36)52(27,43)49(25,38)51(28,42)48(24,37)50(26,41)46(22,35)44/h12-30H,9-11H2,1-8H3. The average molecular weight is 685 g/mol. The molecule has 0 aliphatic heterocycles. The van der Waals surface area contributed by atoms with E-state index in [-0.39, 0.29) is 0 Å². The van der Waals surface area contributed by atoms with Gasteiger partial charge in [0, 0.05) is 0 Å². The molecule has 0 N–H and O–H groups in total. The molecule has 0 aromatic carbocycles. The van der Waals surface area contributed by atoms with Gasteiger partial charge in [-0.3, -0.25) is 0 Å². The normalized spacial score (nSPS) is 120. The zero-order valence-electron chi connectivity index (χ0n) is 32.7. The van der Waals surface area contributed by atoms with Crippen molar-refractivity contribution in [2.24, 2.45) is 226 Å². The SMILES string of the molecule is [B]C1C2C3CC4C5C6C7C8C9C%10C%11C%12C%13C%14CC%15C%16CC%17C%18C1C1%19C%20(C)C%21(C)C2(C)C34C5%21C6%20C71C81C%19(C)C%182C3(C)C%174C5(C)C6(C)C%16(C)C%15%14C%136C%125C%114C%103C921. The Hall–Kier alpha value is 0.0649. The van der Waals surface area contributed by atoms with Gasteiger partial charge in [-0.15, -0.1) is 0 Å². The van der Waals surface area contributed by atoms with Crippen LogP contribution in [0.15, 0.2) is 0 Å². The summed E-state index contributed by atoms with van der Waals surface area (Å²) in [4.78, 5) is 0. The second kappa shape index (κ2) is 3.68. The van der Waals surface area contributed by atoms with Crippen LogP contribution in [0, 0.1) is 226 Å². The van der Waals surface area contributed by atoms with Crippen LogP contribution >= 0.6 is 0 Å². The molecule has 0 saturated heterocycles. The number of fused-ring (bicyclic) bond motifs is 14. The van der Waals surface area contributed by atoms with Crippen LogP contribution in [0.3, 0.4) is 0 Å². The molecule has 0 aromatic heterocycles. The molecule has 260 valence electrons. The zero-order valence-corrected chi connectivity index (χ0v) is 32.7. The summed E-state index contributed by atoms with van der Waals surface area (Å²) in [5.74, 6) is 21.4. The number of hydrogen-bond acceptors (Lipinski definition) is 0. The summed E-state index contributed by atoms with van der Waals surface area (Å²) in [6.07, 6.45) is 5.12. The van der Waals surface area contributed by atoms with Crippen molar-refractivity contribution in [1.29, 1.82) is 0 Å². The van der Waals surface area contributed by atoms with Gasteiger partial charge in [0.05, 0.1) is 7.85 Å². The van der Waals surface area contributed by atoms with Crippen molar-refractivity contribution >= 4 is 7.85 Å². The molecule has 0 heterocycles. The third-order valence-electron chi connectivity index (χ3n) is 41.3. The van der Waals surface area contributed by atoms with Gasteiger partial charge in [0.25, 0.3) is 0 Å². The fourth-order valence-corrected chi connectivity index (χ4v) is 49.2. The van der Waals surface area contributed by atoms with Gasteiger partial charge in [-0.1, -0.05) is 61.2 Å². The van der Waals surface area contributed by atoms with Crippen LogP contribution < -0.4 is 0 Å². The lowest BCUT2D eigenvalue weighted by molar-refractivity contribution is -1.000. The highest BCUT2D eigenvalue weighted by atomic mass is 15.5. The van der Waals surface area contributed by atoms with Crippen LogP contribution in [0.5, 0.6) is 0 Å². The van der Waals surface area contributed by atoms with E-state index in [0.717, 1.165) is 106 Å². The summed E-state index contributed by atoms with van der Waals surface area (Å²) in [5, 5.41) is 0. The topological polar surface area (TPSA) is 0 Å². The number of rotatable bonds is 0. The maximum atomic E-state index is 8.73. The summed E-state index contributed by atoms with van der Waals surface area (Å²) < 4.78 is 0. The van der Waals surface area contributed by atoms with Crippen LogP contribution in [0.25, 0.3) is 0 Å².